The molecule has 0 saturated heterocycles. The van der Waals surface area contributed by atoms with Gasteiger partial charge in [-0.1, -0.05) is 23.9 Å². The van der Waals surface area contributed by atoms with Crippen molar-refractivity contribution in [3.05, 3.63) is 59.8 Å². The van der Waals surface area contributed by atoms with Crippen molar-refractivity contribution in [1.82, 2.24) is 4.90 Å². The molecular formula is C25H29N3O5S. The van der Waals surface area contributed by atoms with Gasteiger partial charge in [0.1, 0.15) is 17.2 Å². The summed E-state index contributed by atoms with van der Waals surface area (Å²) in [5, 5.41) is 3.35. The number of ether oxygens (including phenoxy) is 3. The molecule has 0 spiro atoms. The number of nitrogens with one attached hydrogen (secondary N) is 1. The first-order chi connectivity index (χ1) is 16.5. The van der Waals surface area contributed by atoms with E-state index in [1.807, 2.05) is 31.2 Å². The third-order valence-electron chi connectivity index (χ3n) is 4.91. The maximum atomic E-state index is 13.1. The highest BCUT2D eigenvalue weighted by molar-refractivity contribution is 8.14. The molecule has 1 heterocycles. The Morgan fingerprint density at radius 3 is 2.32 bits per heavy atom. The summed E-state index contributed by atoms with van der Waals surface area (Å²) in [7, 11) is 3.19. The lowest BCUT2D eigenvalue weighted by molar-refractivity contribution is -0.122. The molecule has 3 rings (SSSR count). The van der Waals surface area contributed by atoms with E-state index in [0.29, 0.717) is 48.5 Å². The number of amidine groups is 1. The van der Waals surface area contributed by atoms with Crippen LogP contribution < -0.4 is 14.8 Å². The fourth-order valence-corrected chi connectivity index (χ4v) is 3.99. The van der Waals surface area contributed by atoms with E-state index >= 15 is 0 Å². The summed E-state index contributed by atoms with van der Waals surface area (Å²) >= 11 is 1.23. The van der Waals surface area contributed by atoms with E-state index in [-0.39, 0.29) is 17.6 Å². The molecule has 34 heavy (non-hydrogen) atoms. The minimum absolute atomic E-state index is 0.121. The van der Waals surface area contributed by atoms with Crippen LogP contribution in [0.3, 0.4) is 0 Å². The summed E-state index contributed by atoms with van der Waals surface area (Å²) in [4.78, 5) is 31.7. The van der Waals surface area contributed by atoms with Crippen LogP contribution in [0.15, 0.2) is 59.2 Å². The predicted molar refractivity (Wildman–Crippen MR) is 135 cm³/mol. The minimum atomic E-state index is -0.189. The number of anilines is 1. The first-order valence-electron chi connectivity index (χ1n) is 10.9. The zero-order chi connectivity index (χ0) is 24.3. The van der Waals surface area contributed by atoms with E-state index in [1.165, 1.54) is 11.8 Å². The van der Waals surface area contributed by atoms with Crippen LogP contribution in [0, 0.1) is 0 Å². The normalized spacial score (nSPS) is 14.3. The number of rotatable bonds is 11. The van der Waals surface area contributed by atoms with Crippen LogP contribution in [-0.4, -0.2) is 61.6 Å². The number of carbonyl (C=O) groups excluding carboxylic acids is 2. The summed E-state index contributed by atoms with van der Waals surface area (Å²) in [5.74, 6) is 1.19. The lowest BCUT2D eigenvalue weighted by Gasteiger charge is -2.17. The molecule has 1 N–H and O–H groups in total. The maximum absolute atomic E-state index is 13.1. The number of thioether (sulfide) groups is 1. The van der Waals surface area contributed by atoms with Crippen molar-refractivity contribution in [2.75, 3.05) is 45.0 Å². The van der Waals surface area contributed by atoms with E-state index < -0.39 is 0 Å². The number of amides is 2. The van der Waals surface area contributed by atoms with Gasteiger partial charge in [-0.25, -0.2) is 4.99 Å². The lowest BCUT2D eigenvalue weighted by Crippen LogP contribution is -2.33. The Bertz CT molecular complexity index is 1040. The van der Waals surface area contributed by atoms with Crippen LogP contribution in [0.4, 0.5) is 5.69 Å². The molecule has 2 aromatic carbocycles. The van der Waals surface area contributed by atoms with E-state index in [0.717, 1.165) is 11.3 Å². The summed E-state index contributed by atoms with van der Waals surface area (Å²) in [6, 6.07) is 14.5. The molecule has 8 nitrogen and oxygen atoms in total. The number of nitrogens with zero attached hydrogens (tertiary/aromatic N) is 2. The van der Waals surface area contributed by atoms with Gasteiger partial charge < -0.3 is 19.5 Å². The van der Waals surface area contributed by atoms with Gasteiger partial charge in [-0.2, -0.15) is 0 Å². The van der Waals surface area contributed by atoms with Gasteiger partial charge in [0.05, 0.1) is 20.0 Å². The van der Waals surface area contributed by atoms with Crippen molar-refractivity contribution in [3.8, 4) is 11.5 Å². The lowest BCUT2D eigenvalue weighted by atomic mass is 10.2. The number of methoxy groups -OCH3 is 2. The Morgan fingerprint density at radius 1 is 1.06 bits per heavy atom. The molecule has 0 bridgehead atoms. The molecule has 0 radical (unpaired) electrons. The molecule has 2 amide bonds. The smallest absolute Gasteiger partial charge is 0.278 e. The molecule has 1 aliphatic rings. The molecule has 180 valence electrons. The van der Waals surface area contributed by atoms with Crippen molar-refractivity contribution in [1.29, 1.82) is 0 Å². The van der Waals surface area contributed by atoms with Crippen molar-refractivity contribution >= 4 is 40.5 Å². The van der Waals surface area contributed by atoms with Crippen molar-refractivity contribution < 1.29 is 23.8 Å². The Balaban J connectivity index is 1.68. The Labute approximate surface area is 204 Å². The highest BCUT2D eigenvalue weighted by Crippen LogP contribution is 2.25. The highest BCUT2D eigenvalue weighted by Gasteiger charge is 2.30. The standard InChI is InChI=1S/C25H29N3O5S/c1-4-33-15-5-14-28-24(30)22(16-18-6-10-20(31-2)11-7-18)27-25(28)34-17-23(29)26-19-8-12-21(32-3)13-9-19/h6-13,16H,4-5,14-15,17H2,1-3H3,(H,26,29)/b22-16+. The van der Waals surface area contributed by atoms with Gasteiger partial charge in [0.25, 0.3) is 5.91 Å². The summed E-state index contributed by atoms with van der Waals surface area (Å²) in [5.41, 5.74) is 1.84. The number of benzene rings is 2. The second kappa shape index (κ2) is 12.8. The van der Waals surface area contributed by atoms with Gasteiger partial charge in [-0.05, 0) is 61.4 Å². The fraction of sp³-hybridized carbons (Fsp3) is 0.320. The van der Waals surface area contributed by atoms with Crippen LogP contribution in [0.1, 0.15) is 18.9 Å². The quantitative estimate of drug-likeness (QED) is 0.383. The number of hydrogen-bond donors (Lipinski definition) is 1. The second-order valence-corrected chi connectivity index (χ2v) is 8.21. The van der Waals surface area contributed by atoms with Gasteiger partial charge in [0, 0.05) is 25.4 Å². The number of aliphatic imine (C=N–C) groups is 1. The number of hydrogen-bond acceptors (Lipinski definition) is 7. The molecule has 9 heteroatoms. The zero-order valence-electron chi connectivity index (χ0n) is 19.6. The van der Waals surface area contributed by atoms with Gasteiger partial charge in [0.2, 0.25) is 5.91 Å². The van der Waals surface area contributed by atoms with Crippen LogP contribution >= 0.6 is 11.8 Å². The van der Waals surface area contributed by atoms with E-state index in [1.54, 1.807) is 49.5 Å². The molecule has 2 aromatic rings. The zero-order valence-corrected chi connectivity index (χ0v) is 20.4. The van der Waals surface area contributed by atoms with Crippen LogP contribution in [0.25, 0.3) is 6.08 Å². The molecule has 0 saturated carbocycles. The molecule has 0 atom stereocenters. The van der Waals surface area contributed by atoms with E-state index in [4.69, 9.17) is 14.2 Å². The third-order valence-corrected chi connectivity index (χ3v) is 5.89. The molecule has 0 unspecified atom stereocenters. The van der Waals surface area contributed by atoms with Gasteiger partial charge in [-0.15, -0.1) is 0 Å². The van der Waals surface area contributed by atoms with Gasteiger partial charge >= 0.3 is 0 Å². The summed E-state index contributed by atoms with van der Waals surface area (Å²) in [6.45, 7) is 3.57. The van der Waals surface area contributed by atoms with E-state index in [2.05, 4.69) is 10.3 Å². The third kappa shape index (κ3) is 7.10. The Kier molecular flexibility index (Phi) is 9.54. The Morgan fingerprint density at radius 2 is 1.71 bits per heavy atom. The topological polar surface area (TPSA) is 89.5 Å². The van der Waals surface area contributed by atoms with Crippen LogP contribution in [0.2, 0.25) is 0 Å². The average Bonchev–Trinajstić information content (AvgIpc) is 3.15. The van der Waals surface area contributed by atoms with Gasteiger partial charge in [0.15, 0.2) is 5.17 Å². The van der Waals surface area contributed by atoms with E-state index in [9.17, 15) is 9.59 Å². The molecule has 0 aliphatic carbocycles. The predicted octanol–water partition coefficient (Wildman–Crippen LogP) is 4.04. The van der Waals surface area contributed by atoms with Crippen LogP contribution in [0.5, 0.6) is 11.5 Å². The Hall–Kier alpha value is -3.30. The van der Waals surface area contributed by atoms with Crippen molar-refractivity contribution in [2.45, 2.75) is 13.3 Å². The first kappa shape index (κ1) is 25.3. The average molecular weight is 484 g/mol. The maximum Gasteiger partial charge on any atom is 0.278 e. The first-order valence-corrected chi connectivity index (χ1v) is 11.9. The minimum Gasteiger partial charge on any atom is -0.497 e. The monoisotopic (exact) mass is 483 g/mol. The molecule has 1 aliphatic heterocycles. The van der Waals surface area contributed by atoms with Crippen molar-refractivity contribution in [3.63, 3.8) is 0 Å². The highest BCUT2D eigenvalue weighted by atomic mass is 32.2. The molecular weight excluding hydrogens is 454 g/mol. The fourth-order valence-electron chi connectivity index (χ4n) is 3.17. The summed E-state index contributed by atoms with van der Waals surface area (Å²) < 4.78 is 15.7. The van der Waals surface area contributed by atoms with Crippen molar-refractivity contribution in [2.24, 2.45) is 4.99 Å². The van der Waals surface area contributed by atoms with Gasteiger partial charge in [-0.3, -0.25) is 14.5 Å². The summed E-state index contributed by atoms with van der Waals surface area (Å²) in [6.07, 6.45) is 2.41. The second-order valence-electron chi connectivity index (χ2n) is 7.27. The largest absolute Gasteiger partial charge is 0.497 e. The molecule has 0 fully saturated rings. The SMILES string of the molecule is CCOCCCN1C(=O)/C(=C\c2ccc(OC)cc2)N=C1SCC(=O)Nc1ccc(OC)cc1. The number of carbonyl (C=O) groups is 2. The molecule has 0 aromatic heterocycles. The van der Waals surface area contributed by atoms with Crippen LogP contribution in [-0.2, 0) is 14.3 Å².